The fourth-order valence-corrected chi connectivity index (χ4v) is 3.33. The molecule has 1 N–H and O–H groups in total. The lowest BCUT2D eigenvalue weighted by molar-refractivity contribution is 0.449. The molecule has 112 valence electrons. The largest absolute Gasteiger partial charge is 0.363 e. The van der Waals surface area contributed by atoms with Crippen molar-refractivity contribution in [1.29, 1.82) is 0 Å². The van der Waals surface area contributed by atoms with E-state index in [9.17, 15) is 0 Å². The van der Waals surface area contributed by atoms with E-state index >= 15 is 0 Å². The highest BCUT2D eigenvalue weighted by Gasteiger charge is 2.38. The van der Waals surface area contributed by atoms with Gasteiger partial charge in [0.2, 0.25) is 0 Å². The van der Waals surface area contributed by atoms with Crippen LogP contribution in [-0.4, -0.2) is 38.4 Å². The summed E-state index contributed by atoms with van der Waals surface area (Å²) in [5.74, 6) is 0. The Balaban J connectivity index is 2.05. The Bertz CT molecular complexity index is 732. The van der Waals surface area contributed by atoms with E-state index in [0.29, 0.717) is 6.54 Å². The Morgan fingerprint density at radius 2 is 1.91 bits per heavy atom. The van der Waals surface area contributed by atoms with E-state index in [-0.39, 0.29) is 0 Å². The van der Waals surface area contributed by atoms with Crippen molar-refractivity contribution in [3.8, 4) is 11.1 Å². The Kier molecular flexibility index (Phi) is 3.88. The molecule has 0 aliphatic carbocycles. The summed E-state index contributed by atoms with van der Waals surface area (Å²) < 4.78 is 0. The molecule has 1 aliphatic rings. The van der Waals surface area contributed by atoms with Crippen LogP contribution >= 0.6 is 24.4 Å². The first-order chi connectivity index (χ1) is 10.5. The van der Waals surface area contributed by atoms with Crippen LogP contribution in [0.1, 0.15) is 12.5 Å². The van der Waals surface area contributed by atoms with Crippen LogP contribution in [0.3, 0.4) is 0 Å². The molecule has 2 aromatic rings. The second-order valence-corrected chi connectivity index (χ2v) is 6.42. The highest BCUT2D eigenvalue weighted by atomic mass is 32.1. The van der Waals surface area contributed by atoms with Crippen LogP contribution in [0.5, 0.6) is 0 Å². The molecule has 0 spiro atoms. The van der Waals surface area contributed by atoms with Crippen molar-refractivity contribution in [2.75, 3.05) is 13.6 Å². The van der Waals surface area contributed by atoms with Crippen molar-refractivity contribution in [2.24, 2.45) is 0 Å². The summed E-state index contributed by atoms with van der Waals surface area (Å²) in [7, 11) is 1.97. The second-order valence-electron chi connectivity index (χ2n) is 5.54. The first kappa shape index (κ1) is 15.0. The van der Waals surface area contributed by atoms with Crippen molar-refractivity contribution >= 4 is 34.4 Å². The number of likely N-dealkylation sites (N-methyl/N-ethyl adjacent to an activating group) is 1. The quantitative estimate of drug-likeness (QED) is 0.855. The first-order valence-electron chi connectivity index (χ1n) is 6.93. The van der Waals surface area contributed by atoms with Gasteiger partial charge in [-0.1, -0.05) is 42.6 Å². The number of aromatic nitrogens is 2. The minimum atomic E-state index is -0.481. The average molecular weight is 328 g/mol. The number of hydrogen-bond acceptors (Lipinski definition) is 4. The predicted molar refractivity (Wildman–Crippen MR) is 95.8 cm³/mol. The van der Waals surface area contributed by atoms with Crippen molar-refractivity contribution in [2.45, 2.75) is 12.5 Å². The summed E-state index contributed by atoms with van der Waals surface area (Å²) in [6.45, 7) is 2.73. The minimum Gasteiger partial charge on any atom is -0.363 e. The molecule has 1 saturated heterocycles. The summed E-state index contributed by atoms with van der Waals surface area (Å²) in [5.41, 5.74) is 2.63. The van der Waals surface area contributed by atoms with Gasteiger partial charge >= 0.3 is 0 Å². The molecule has 1 atom stereocenters. The van der Waals surface area contributed by atoms with Gasteiger partial charge in [0.1, 0.15) is 16.9 Å². The molecule has 1 aromatic carbocycles. The zero-order valence-electron chi connectivity index (χ0n) is 12.4. The van der Waals surface area contributed by atoms with Gasteiger partial charge in [0, 0.05) is 25.0 Å². The van der Waals surface area contributed by atoms with Crippen LogP contribution < -0.4 is 5.32 Å². The fourth-order valence-electron chi connectivity index (χ4n) is 2.69. The highest BCUT2D eigenvalue weighted by molar-refractivity contribution is 7.81. The summed E-state index contributed by atoms with van der Waals surface area (Å²) >= 11 is 11.0. The van der Waals surface area contributed by atoms with E-state index in [1.807, 2.05) is 24.1 Å². The number of hydrogen-bond donors (Lipinski definition) is 1. The van der Waals surface area contributed by atoms with Crippen molar-refractivity contribution in [3.63, 3.8) is 0 Å². The smallest absolute Gasteiger partial charge is 0.115 e. The summed E-state index contributed by atoms with van der Waals surface area (Å²) in [5, 5.41) is 3.39. The fraction of sp³-hybridized carbons (Fsp3) is 0.250. The molecule has 0 bridgehead atoms. The molecule has 4 nitrogen and oxygen atoms in total. The van der Waals surface area contributed by atoms with Gasteiger partial charge in [-0.3, -0.25) is 0 Å². The molecule has 2 heterocycles. The maximum atomic E-state index is 5.64. The third-order valence-electron chi connectivity index (χ3n) is 3.88. The number of rotatable bonds is 2. The van der Waals surface area contributed by atoms with E-state index in [2.05, 4.69) is 34.3 Å². The molecule has 22 heavy (non-hydrogen) atoms. The monoisotopic (exact) mass is 328 g/mol. The average Bonchev–Trinajstić information content (AvgIpc) is 2.53. The van der Waals surface area contributed by atoms with Gasteiger partial charge in [-0.05, 0) is 24.1 Å². The van der Waals surface area contributed by atoms with Crippen LogP contribution in [0.15, 0.2) is 43.0 Å². The van der Waals surface area contributed by atoms with E-state index in [4.69, 9.17) is 24.4 Å². The van der Waals surface area contributed by atoms with E-state index in [1.165, 1.54) is 6.33 Å². The van der Waals surface area contributed by atoms with Gasteiger partial charge in [0.15, 0.2) is 0 Å². The van der Waals surface area contributed by atoms with E-state index < -0.39 is 5.54 Å². The standard InChI is InChI=1S/C16H16N4S2/c1-16(15(22)20(2)9-14(21)19-16)13-5-3-4-11(6-13)12-7-17-10-18-8-12/h3-8,10H,9H2,1-2H3,(H,19,21). The Morgan fingerprint density at radius 1 is 1.18 bits per heavy atom. The summed E-state index contributed by atoms with van der Waals surface area (Å²) in [6, 6.07) is 8.23. The molecule has 1 aromatic heterocycles. The number of benzene rings is 1. The molecule has 1 aliphatic heterocycles. The highest BCUT2D eigenvalue weighted by Crippen LogP contribution is 2.30. The molecule has 1 unspecified atom stereocenters. The Labute approximate surface area is 140 Å². The van der Waals surface area contributed by atoms with Gasteiger partial charge in [0.05, 0.1) is 11.5 Å². The van der Waals surface area contributed by atoms with Crippen molar-refractivity contribution in [3.05, 3.63) is 48.5 Å². The summed E-state index contributed by atoms with van der Waals surface area (Å²) in [6.07, 6.45) is 5.13. The van der Waals surface area contributed by atoms with Crippen LogP contribution in [0.2, 0.25) is 0 Å². The topological polar surface area (TPSA) is 41.0 Å². The lowest BCUT2D eigenvalue weighted by atomic mass is 9.88. The maximum Gasteiger partial charge on any atom is 0.115 e. The number of nitrogens with one attached hydrogen (secondary N) is 1. The number of piperazine rings is 1. The van der Waals surface area contributed by atoms with Gasteiger partial charge in [-0.25, -0.2) is 9.97 Å². The Hall–Kier alpha value is -1.92. The molecule has 0 amide bonds. The maximum absolute atomic E-state index is 5.64. The SMILES string of the molecule is CN1CC(=S)NC(C)(c2cccc(-c3cncnc3)c2)C1=S. The van der Waals surface area contributed by atoms with Crippen molar-refractivity contribution in [1.82, 2.24) is 20.2 Å². The number of nitrogens with zero attached hydrogens (tertiary/aromatic N) is 3. The summed E-state index contributed by atoms with van der Waals surface area (Å²) in [4.78, 5) is 11.8. The minimum absolute atomic E-state index is 0.481. The molecule has 6 heteroatoms. The van der Waals surface area contributed by atoms with E-state index in [0.717, 1.165) is 26.7 Å². The van der Waals surface area contributed by atoms with Gasteiger partial charge in [0.25, 0.3) is 0 Å². The lowest BCUT2D eigenvalue weighted by Gasteiger charge is -2.42. The molecular formula is C16H16N4S2. The Morgan fingerprint density at radius 3 is 2.64 bits per heavy atom. The zero-order valence-corrected chi connectivity index (χ0v) is 14.0. The molecule has 3 rings (SSSR count). The molecule has 0 radical (unpaired) electrons. The predicted octanol–water partition coefficient (Wildman–Crippen LogP) is 2.55. The van der Waals surface area contributed by atoms with Crippen LogP contribution in [0, 0.1) is 0 Å². The second kappa shape index (κ2) is 5.70. The zero-order chi connectivity index (χ0) is 15.7. The van der Waals surface area contributed by atoms with Crippen LogP contribution in [0.25, 0.3) is 11.1 Å². The van der Waals surface area contributed by atoms with Crippen LogP contribution in [0.4, 0.5) is 0 Å². The van der Waals surface area contributed by atoms with Gasteiger partial charge in [-0.15, -0.1) is 0 Å². The van der Waals surface area contributed by atoms with Crippen LogP contribution in [-0.2, 0) is 5.54 Å². The first-order valence-corrected chi connectivity index (χ1v) is 7.75. The normalized spacial score (nSPS) is 21.6. The third kappa shape index (κ3) is 2.60. The molecule has 0 saturated carbocycles. The molecular weight excluding hydrogens is 312 g/mol. The van der Waals surface area contributed by atoms with Crippen molar-refractivity contribution < 1.29 is 0 Å². The third-order valence-corrected chi connectivity index (χ3v) is 4.83. The van der Waals surface area contributed by atoms with Gasteiger partial charge in [-0.2, -0.15) is 0 Å². The van der Waals surface area contributed by atoms with Gasteiger partial charge < -0.3 is 10.2 Å². The lowest BCUT2D eigenvalue weighted by Crippen LogP contribution is -2.60. The molecule has 1 fully saturated rings. The van der Waals surface area contributed by atoms with E-state index in [1.54, 1.807) is 12.4 Å². The number of thiocarbonyl (C=S) groups is 2.